The number of benzene rings is 2. The van der Waals surface area contributed by atoms with E-state index in [4.69, 9.17) is 20.8 Å². The van der Waals surface area contributed by atoms with Crippen LogP contribution in [0, 0.1) is 0 Å². The largest absolute Gasteiger partial charge is 0.486 e. The van der Waals surface area contributed by atoms with E-state index >= 15 is 0 Å². The second kappa shape index (κ2) is 8.74. The van der Waals surface area contributed by atoms with Crippen molar-refractivity contribution in [3.8, 4) is 5.75 Å². The van der Waals surface area contributed by atoms with E-state index in [9.17, 15) is 4.79 Å². The normalized spacial score (nSPS) is 11.3. The monoisotopic (exact) mass is 380 g/mol. The molecule has 0 unspecified atom stereocenters. The van der Waals surface area contributed by atoms with E-state index < -0.39 is 0 Å². The number of ketones is 1. The number of carbonyl (C=O) groups excluding carboxylic acids is 1. The van der Waals surface area contributed by atoms with Crippen LogP contribution in [0.5, 0.6) is 5.75 Å². The van der Waals surface area contributed by atoms with Crippen LogP contribution in [0.25, 0.3) is 6.08 Å². The molecule has 1 aromatic heterocycles. The zero-order chi connectivity index (χ0) is 19.2. The summed E-state index contributed by atoms with van der Waals surface area (Å²) in [6.45, 7) is 4.65. The van der Waals surface area contributed by atoms with Crippen LogP contribution in [0.1, 0.15) is 47.2 Å². The SMILES string of the molecule is CC(C)c1ccc(OCc2ccc(/C=C/C(=O)c3ccc(Cl)cc3)o2)cc1. The lowest BCUT2D eigenvalue weighted by atomic mass is 10.0. The number of hydrogen-bond donors (Lipinski definition) is 0. The maximum Gasteiger partial charge on any atom is 0.185 e. The predicted octanol–water partition coefficient (Wildman–Crippen LogP) is 6.53. The Morgan fingerprint density at radius 3 is 2.41 bits per heavy atom. The van der Waals surface area contributed by atoms with Crippen molar-refractivity contribution in [2.75, 3.05) is 0 Å². The lowest BCUT2D eigenvalue weighted by Crippen LogP contribution is -1.94. The topological polar surface area (TPSA) is 39.4 Å². The highest BCUT2D eigenvalue weighted by Gasteiger charge is 2.05. The molecule has 1 heterocycles. The first-order chi connectivity index (χ1) is 13.0. The van der Waals surface area contributed by atoms with Crippen molar-refractivity contribution in [1.29, 1.82) is 0 Å². The molecule has 0 N–H and O–H groups in total. The van der Waals surface area contributed by atoms with Crippen molar-refractivity contribution < 1.29 is 13.9 Å². The summed E-state index contributed by atoms with van der Waals surface area (Å²) in [5.41, 5.74) is 1.86. The standard InChI is InChI=1S/C23H21ClO3/c1-16(2)17-5-9-20(10-6-17)26-15-22-12-11-21(27-22)13-14-23(25)18-3-7-19(24)8-4-18/h3-14,16H,15H2,1-2H3/b14-13+. The average molecular weight is 381 g/mol. The van der Waals surface area contributed by atoms with Gasteiger partial charge in [0.25, 0.3) is 0 Å². The number of allylic oxidation sites excluding steroid dienone is 1. The quantitative estimate of drug-likeness (QED) is 0.345. The fourth-order valence-corrected chi connectivity index (χ4v) is 2.66. The molecule has 0 aliphatic heterocycles. The minimum atomic E-state index is -0.105. The zero-order valence-electron chi connectivity index (χ0n) is 15.3. The Morgan fingerprint density at radius 1 is 1.04 bits per heavy atom. The zero-order valence-corrected chi connectivity index (χ0v) is 16.1. The van der Waals surface area contributed by atoms with E-state index in [2.05, 4.69) is 26.0 Å². The first-order valence-corrected chi connectivity index (χ1v) is 9.18. The third-order valence-electron chi connectivity index (χ3n) is 4.14. The Bertz CT molecular complexity index is 919. The molecule has 0 atom stereocenters. The summed E-state index contributed by atoms with van der Waals surface area (Å²) in [5.74, 6) is 2.48. The van der Waals surface area contributed by atoms with Gasteiger partial charge in [0.1, 0.15) is 23.9 Å². The van der Waals surface area contributed by atoms with Crippen LogP contribution in [0.15, 0.2) is 71.2 Å². The molecule has 0 aliphatic carbocycles. The fraction of sp³-hybridized carbons (Fsp3) is 0.174. The van der Waals surface area contributed by atoms with Gasteiger partial charge in [-0.1, -0.05) is 37.6 Å². The summed E-state index contributed by atoms with van der Waals surface area (Å²) in [4.78, 5) is 12.1. The minimum Gasteiger partial charge on any atom is -0.486 e. The molecule has 2 aromatic carbocycles. The third-order valence-corrected chi connectivity index (χ3v) is 4.39. The van der Waals surface area contributed by atoms with Gasteiger partial charge in [0, 0.05) is 10.6 Å². The predicted molar refractivity (Wildman–Crippen MR) is 108 cm³/mol. The van der Waals surface area contributed by atoms with Crippen molar-refractivity contribution in [2.45, 2.75) is 26.4 Å². The molecule has 138 valence electrons. The summed E-state index contributed by atoms with van der Waals surface area (Å²) < 4.78 is 11.4. The molecule has 3 rings (SSSR count). The summed E-state index contributed by atoms with van der Waals surface area (Å²) in [5, 5.41) is 0.602. The van der Waals surface area contributed by atoms with Gasteiger partial charge in [-0.15, -0.1) is 0 Å². The molecule has 27 heavy (non-hydrogen) atoms. The first-order valence-electron chi connectivity index (χ1n) is 8.81. The molecule has 0 bridgehead atoms. The molecule has 0 radical (unpaired) electrons. The summed E-state index contributed by atoms with van der Waals surface area (Å²) >= 11 is 5.83. The van der Waals surface area contributed by atoms with Crippen molar-refractivity contribution in [1.82, 2.24) is 0 Å². The minimum absolute atomic E-state index is 0.105. The van der Waals surface area contributed by atoms with Crippen LogP contribution in [-0.4, -0.2) is 5.78 Å². The molecular formula is C23H21ClO3. The van der Waals surface area contributed by atoms with Gasteiger partial charge in [0.05, 0.1) is 0 Å². The number of carbonyl (C=O) groups is 1. The van der Waals surface area contributed by atoms with E-state index in [0.29, 0.717) is 34.6 Å². The van der Waals surface area contributed by atoms with Crippen LogP contribution in [-0.2, 0) is 6.61 Å². The Hall–Kier alpha value is -2.78. The molecule has 0 spiro atoms. The number of hydrogen-bond acceptors (Lipinski definition) is 3. The van der Waals surface area contributed by atoms with Gasteiger partial charge < -0.3 is 9.15 Å². The third kappa shape index (κ3) is 5.35. The van der Waals surface area contributed by atoms with E-state index in [-0.39, 0.29) is 5.78 Å². The number of halogens is 1. The molecule has 0 saturated heterocycles. The highest BCUT2D eigenvalue weighted by molar-refractivity contribution is 6.30. The molecule has 0 amide bonds. The second-order valence-electron chi connectivity index (χ2n) is 6.52. The van der Waals surface area contributed by atoms with Gasteiger partial charge in [-0.3, -0.25) is 4.79 Å². The van der Waals surface area contributed by atoms with Crippen molar-refractivity contribution >= 4 is 23.5 Å². The molecule has 4 heteroatoms. The maximum atomic E-state index is 12.1. The van der Waals surface area contributed by atoms with Crippen LogP contribution in [0.2, 0.25) is 5.02 Å². The number of rotatable bonds is 7. The summed E-state index contributed by atoms with van der Waals surface area (Å²) in [7, 11) is 0. The summed E-state index contributed by atoms with van der Waals surface area (Å²) in [6.07, 6.45) is 3.13. The van der Waals surface area contributed by atoms with Crippen molar-refractivity contribution in [3.63, 3.8) is 0 Å². The lowest BCUT2D eigenvalue weighted by Gasteiger charge is -2.07. The van der Waals surface area contributed by atoms with Gasteiger partial charge in [0.2, 0.25) is 0 Å². The van der Waals surface area contributed by atoms with Crippen LogP contribution in [0.3, 0.4) is 0 Å². The second-order valence-corrected chi connectivity index (χ2v) is 6.96. The molecule has 3 nitrogen and oxygen atoms in total. The average Bonchev–Trinajstić information content (AvgIpc) is 3.13. The Labute approximate surface area is 164 Å². The molecular weight excluding hydrogens is 360 g/mol. The summed E-state index contributed by atoms with van der Waals surface area (Å²) in [6, 6.07) is 18.5. The van der Waals surface area contributed by atoms with Gasteiger partial charge in [-0.05, 0) is 72.2 Å². The van der Waals surface area contributed by atoms with Crippen LogP contribution in [0.4, 0.5) is 0 Å². The van der Waals surface area contributed by atoms with Crippen LogP contribution < -0.4 is 4.74 Å². The fourth-order valence-electron chi connectivity index (χ4n) is 2.53. The van der Waals surface area contributed by atoms with Crippen LogP contribution >= 0.6 is 11.6 Å². The Morgan fingerprint density at radius 2 is 1.74 bits per heavy atom. The Balaban J connectivity index is 1.56. The number of ether oxygens (including phenoxy) is 1. The van der Waals surface area contributed by atoms with Crippen molar-refractivity contribution in [3.05, 3.63) is 94.4 Å². The lowest BCUT2D eigenvalue weighted by molar-refractivity contribution is 0.104. The molecule has 0 fully saturated rings. The molecule has 3 aromatic rings. The van der Waals surface area contributed by atoms with E-state index in [0.717, 1.165) is 5.75 Å². The highest BCUT2D eigenvalue weighted by Crippen LogP contribution is 2.20. The van der Waals surface area contributed by atoms with E-state index in [1.54, 1.807) is 30.3 Å². The first kappa shape index (κ1) is 19.0. The van der Waals surface area contributed by atoms with Gasteiger partial charge in [0.15, 0.2) is 5.78 Å². The number of furan rings is 1. The van der Waals surface area contributed by atoms with E-state index in [1.165, 1.54) is 11.6 Å². The molecule has 0 aliphatic rings. The highest BCUT2D eigenvalue weighted by atomic mass is 35.5. The molecule has 0 saturated carbocycles. The van der Waals surface area contributed by atoms with Gasteiger partial charge in [-0.25, -0.2) is 0 Å². The maximum absolute atomic E-state index is 12.1. The smallest absolute Gasteiger partial charge is 0.185 e. The van der Waals surface area contributed by atoms with Gasteiger partial charge >= 0.3 is 0 Å². The van der Waals surface area contributed by atoms with Crippen molar-refractivity contribution in [2.24, 2.45) is 0 Å². The van der Waals surface area contributed by atoms with Gasteiger partial charge in [-0.2, -0.15) is 0 Å². The van der Waals surface area contributed by atoms with E-state index in [1.807, 2.05) is 24.3 Å². The Kier molecular flexibility index (Phi) is 6.15.